The summed E-state index contributed by atoms with van der Waals surface area (Å²) in [5, 5.41) is 18.2. The summed E-state index contributed by atoms with van der Waals surface area (Å²) in [6.07, 6.45) is 3.53. The van der Waals surface area contributed by atoms with Crippen LogP contribution in [0.5, 0.6) is 0 Å². The summed E-state index contributed by atoms with van der Waals surface area (Å²) >= 11 is 0. The molecule has 1 aromatic carbocycles. The van der Waals surface area contributed by atoms with Crippen molar-refractivity contribution in [3.63, 3.8) is 0 Å². The Bertz CT molecular complexity index is 427. The summed E-state index contributed by atoms with van der Waals surface area (Å²) in [5.74, 6) is 0. The van der Waals surface area contributed by atoms with E-state index in [0.717, 1.165) is 31.6 Å². The smallest absolute Gasteiger partial charge is 0.101 e. The summed E-state index contributed by atoms with van der Waals surface area (Å²) in [6.45, 7) is 1.90. The van der Waals surface area contributed by atoms with E-state index in [1.165, 1.54) is 6.42 Å². The Hall–Kier alpha value is -2.00. The molecule has 1 aromatic rings. The van der Waals surface area contributed by atoms with Gasteiger partial charge in [0.2, 0.25) is 0 Å². The van der Waals surface area contributed by atoms with E-state index in [1.807, 2.05) is 0 Å². The van der Waals surface area contributed by atoms with Crippen molar-refractivity contribution in [1.82, 2.24) is 0 Å². The first-order valence-electron chi connectivity index (χ1n) is 5.55. The van der Waals surface area contributed by atoms with Crippen LogP contribution in [0.4, 0.5) is 5.69 Å². The molecule has 3 nitrogen and oxygen atoms in total. The minimum atomic E-state index is 0.612. The van der Waals surface area contributed by atoms with E-state index in [9.17, 15) is 0 Å². The van der Waals surface area contributed by atoms with Gasteiger partial charge in [0.05, 0.1) is 16.8 Å². The van der Waals surface area contributed by atoms with Crippen molar-refractivity contribution in [3.8, 4) is 12.1 Å². The predicted molar refractivity (Wildman–Crippen MR) is 61.9 cm³/mol. The van der Waals surface area contributed by atoms with Crippen molar-refractivity contribution < 1.29 is 0 Å². The van der Waals surface area contributed by atoms with Crippen LogP contribution in [0.15, 0.2) is 18.2 Å². The highest BCUT2D eigenvalue weighted by atomic mass is 15.1. The minimum Gasteiger partial charge on any atom is -0.369 e. The van der Waals surface area contributed by atoms with Crippen molar-refractivity contribution in [3.05, 3.63) is 29.3 Å². The van der Waals surface area contributed by atoms with Crippen LogP contribution >= 0.6 is 0 Å². The lowest BCUT2D eigenvalue weighted by Gasteiger charge is -2.30. The lowest BCUT2D eigenvalue weighted by atomic mass is 10.0. The van der Waals surface area contributed by atoms with E-state index in [0.29, 0.717) is 11.1 Å². The zero-order valence-electron chi connectivity index (χ0n) is 9.11. The van der Waals surface area contributed by atoms with Gasteiger partial charge in [0.15, 0.2) is 0 Å². The van der Waals surface area contributed by atoms with E-state index in [4.69, 9.17) is 10.5 Å². The Morgan fingerprint density at radius 1 is 0.938 bits per heavy atom. The number of para-hydroxylation sites is 1. The maximum atomic E-state index is 9.08. The van der Waals surface area contributed by atoms with Gasteiger partial charge in [-0.2, -0.15) is 10.5 Å². The highest BCUT2D eigenvalue weighted by Crippen LogP contribution is 2.27. The average molecular weight is 211 g/mol. The number of benzene rings is 1. The molecule has 1 aliphatic heterocycles. The van der Waals surface area contributed by atoms with E-state index in [-0.39, 0.29) is 0 Å². The second-order valence-corrected chi connectivity index (χ2v) is 3.97. The van der Waals surface area contributed by atoms with E-state index < -0.39 is 0 Å². The molecular formula is C13H13N3. The standard InChI is InChI=1S/C13H13N3/c14-9-11-5-4-6-12(10-15)13(11)16-7-2-1-3-8-16/h4-6H,1-3,7-8H2. The van der Waals surface area contributed by atoms with Gasteiger partial charge in [0.25, 0.3) is 0 Å². The summed E-state index contributed by atoms with van der Waals surface area (Å²) in [4.78, 5) is 2.17. The molecule has 2 rings (SSSR count). The van der Waals surface area contributed by atoms with E-state index in [1.54, 1.807) is 18.2 Å². The molecule has 0 amide bonds. The van der Waals surface area contributed by atoms with Crippen LogP contribution in [0.2, 0.25) is 0 Å². The molecule has 0 saturated carbocycles. The predicted octanol–water partition coefficient (Wildman–Crippen LogP) is 2.42. The van der Waals surface area contributed by atoms with Crippen LogP contribution in [0.25, 0.3) is 0 Å². The van der Waals surface area contributed by atoms with Crippen molar-refractivity contribution in [2.75, 3.05) is 18.0 Å². The number of hydrogen-bond acceptors (Lipinski definition) is 3. The first kappa shape index (κ1) is 10.5. The quantitative estimate of drug-likeness (QED) is 0.716. The maximum Gasteiger partial charge on any atom is 0.101 e. The van der Waals surface area contributed by atoms with Crippen LogP contribution in [-0.4, -0.2) is 13.1 Å². The zero-order valence-corrected chi connectivity index (χ0v) is 9.11. The molecule has 80 valence electrons. The zero-order chi connectivity index (χ0) is 11.4. The fourth-order valence-electron chi connectivity index (χ4n) is 2.18. The first-order chi connectivity index (χ1) is 7.86. The van der Waals surface area contributed by atoms with Gasteiger partial charge < -0.3 is 4.90 Å². The topological polar surface area (TPSA) is 50.8 Å². The number of nitriles is 2. The lowest BCUT2D eigenvalue weighted by molar-refractivity contribution is 0.577. The largest absolute Gasteiger partial charge is 0.369 e. The molecule has 1 saturated heterocycles. The Morgan fingerprint density at radius 2 is 1.50 bits per heavy atom. The van der Waals surface area contributed by atoms with Gasteiger partial charge in [0, 0.05) is 13.1 Å². The molecule has 0 aliphatic carbocycles. The Kier molecular flexibility index (Phi) is 3.08. The fraction of sp³-hybridized carbons (Fsp3) is 0.385. The number of nitrogens with zero attached hydrogens (tertiary/aromatic N) is 3. The summed E-state index contributed by atoms with van der Waals surface area (Å²) in [7, 11) is 0. The van der Waals surface area contributed by atoms with Crippen LogP contribution in [0.1, 0.15) is 30.4 Å². The molecule has 16 heavy (non-hydrogen) atoms. The van der Waals surface area contributed by atoms with E-state index in [2.05, 4.69) is 17.0 Å². The molecule has 0 unspecified atom stereocenters. The fourth-order valence-corrected chi connectivity index (χ4v) is 2.18. The van der Waals surface area contributed by atoms with Gasteiger partial charge in [-0.1, -0.05) is 6.07 Å². The van der Waals surface area contributed by atoms with Gasteiger partial charge >= 0.3 is 0 Å². The maximum absolute atomic E-state index is 9.08. The monoisotopic (exact) mass is 211 g/mol. The highest BCUT2D eigenvalue weighted by molar-refractivity contribution is 5.68. The van der Waals surface area contributed by atoms with Crippen molar-refractivity contribution in [2.45, 2.75) is 19.3 Å². The number of rotatable bonds is 1. The molecule has 3 heteroatoms. The van der Waals surface area contributed by atoms with Gasteiger partial charge in [-0.05, 0) is 31.4 Å². The summed E-state index contributed by atoms with van der Waals surface area (Å²) < 4.78 is 0. The third kappa shape index (κ3) is 1.85. The summed E-state index contributed by atoms with van der Waals surface area (Å²) in [5.41, 5.74) is 2.05. The Morgan fingerprint density at radius 3 is 2.00 bits per heavy atom. The molecule has 0 aromatic heterocycles. The second-order valence-electron chi connectivity index (χ2n) is 3.97. The third-order valence-corrected chi connectivity index (χ3v) is 2.95. The normalized spacial score (nSPS) is 15.2. The molecule has 0 spiro atoms. The Balaban J connectivity index is 2.45. The summed E-state index contributed by atoms with van der Waals surface area (Å²) in [6, 6.07) is 9.68. The SMILES string of the molecule is N#Cc1cccc(C#N)c1N1CCCCC1. The molecule has 0 N–H and O–H groups in total. The molecular weight excluding hydrogens is 198 g/mol. The number of anilines is 1. The lowest BCUT2D eigenvalue weighted by Crippen LogP contribution is -2.30. The molecule has 1 heterocycles. The average Bonchev–Trinajstić information content (AvgIpc) is 2.38. The highest BCUT2D eigenvalue weighted by Gasteiger charge is 2.17. The van der Waals surface area contributed by atoms with Gasteiger partial charge in [-0.3, -0.25) is 0 Å². The minimum absolute atomic E-state index is 0.612. The number of hydrogen-bond donors (Lipinski definition) is 0. The first-order valence-corrected chi connectivity index (χ1v) is 5.55. The van der Waals surface area contributed by atoms with Crippen molar-refractivity contribution >= 4 is 5.69 Å². The van der Waals surface area contributed by atoms with Gasteiger partial charge in [-0.15, -0.1) is 0 Å². The second kappa shape index (κ2) is 4.68. The van der Waals surface area contributed by atoms with Crippen LogP contribution in [0.3, 0.4) is 0 Å². The van der Waals surface area contributed by atoms with Gasteiger partial charge in [0.1, 0.15) is 12.1 Å². The number of piperidine rings is 1. The molecule has 1 aliphatic rings. The molecule has 0 bridgehead atoms. The molecule has 1 fully saturated rings. The third-order valence-electron chi connectivity index (χ3n) is 2.95. The molecule has 0 atom stereocenters. The van der Waals surface area contributed by atoms with E-state index >= 15 is 0 Å². The van der Waals surface area contributed by atoms with Crippen LogP contribution in [-0.2, 0) is 0 Å². The van der Waals surface area contributed by atoms with Crippen molar-refractivity contribution in [1.29, 1.82) is 10.5 Å². The van der Waals surface area contributed by atoms with Crippen molar-refractivity contribution in [2.24, 2.45) is 0 Å². The molecule has 0 radical (unpaired) electrons. The Labute approximate surface area is 95.5 Å². The van der Waals surface area contributed by atoms with Gasteiger partial charge in [-0.25, -0.2) is 0 Å². The van der Waals surface area contributed by atoms with Crippen LogP contribution < -0.4 is 4.90 Å². The van der Waals surface area contributed by atoms with Crippen LogP contribution in [0, 0.1) is 22.7 Å².